The maximum absolute atomic E-state index is 12.1. The lowest BCUT2D eigenvalue weighted by Crippen LogP contribution is -2.37. The summed E-state index contributed by atoms with van der Waals surface area (Å²) in [6.45, 7) is 1.40. The Kier molecular flexibility index (Phi) is 5.81. The zero-order chi connectivity index (χ0) is 20.3. The Bertz CT molecular complexity index is 821. The number of guanidine groups is 1. The lowest BCUT2D eigenvalue weighted by Gasteiger charge is -2.23. The maximum atomic E-state index is 12.1. The quantitative estimate of drug-likeness (QED) is 0.680. The number of benzene rings is 1. The molecule has 0 spiro atoms. The molecule has 28 heavy (non-hydrogen) atoms. The number of carbonyl (C=O) groups excluding carboxylic acids is 3. The molecule has 1 N–H and O–H groups in total. The Hall–Kier alpha value is -3.10. The van der Waals surface area contributed by atoms with Crippen LogP contribution in [-0.2, 0) is 20.9 Å². The van der Waals surface area contributed by atoms with E-state index in [0.717, 1.165) is 11.3 Å². The van der Waals surface area contributed by atoms with Gasteiger partial charge in [-0.05, 0) is 24.6 Å². The van der Waals surface area contributed by atoms with Crippen LogP contribution in [-0.4, -0.2) is 79.2 Å². The molecule has 0 aromatic heterocycles. The van der Waals surface area contributed by atoms with Crippen LogP contribution in [0.25, 0.3) is 0 Å². The van der Waals surface area contributed by atoms with Crippen LogP contribution in [0.3, 0.4) is 0 Å². The molecule has 0 aliphatic carbocycles. The molecule has 0 saturated carbocycles. The number of hydrogen-bond acceptors (Lipinski definition) is 6. The van der Waals surface area contributed by atoms with Crippen molar-refractivity contribution in [2.45, 2.75) is 19.4 Å². The minimum atomic E-state index is -0.109. The Morgan fingerprint density at radius 2 is 2.00 bits per heavy atom. The van der Waals surface area contributed by atoms with Crippen molar-refractivity contribution < 1.29 is 19.1 Å². The number of fused-ring (bicyclic) bond motifs is 2. The molecule has 2 aliphatic rings. The van der Waals surface area contributed by atoms with Crippen LogP contribution in [0.1, 0.15) is 18.4 Å². The first-order chi connectivity index (χ1) is 13.3. The van der Waals surface area contributed by atoms with E-state index in [9.17, 15) is 14.4 Å². The molecule has 1 aromatic carbocycles. The predicted octanol–water partition coefficient (Wildman–Crippen LogP) is 0.325. The third-order valence-electron chi connectivity index (χ3n) is 4.62. The van der Waals surface area contributed by atoms with Crippen LogP contribution >= 0.6 is 0 Å². The molecule has 150 valence electrons. The van der Waals surface area contributed by atoms with E-state index in [1.54, 1.807) is 21.1 Å². The van der Waals surface area contributed by atoms with E-state index in [0.29, 0.717) is 44.2 Å². The fourth-order valence-electron chi connectivity index (χ4n) is 2.96. The van der Waals surface area contributed by atoms with E-state index < -0.39 is 0 Å². The summed E-state index contributed by atoms with van der Waals surface area (Å²) >= 11 is 0. The third-order valence-corrected chi connectivity index (χ3v) is 4.62. The number of rotatable bonds is 7. The second kappa shape index (κ2) is 8.28. The van der Waals surface area contributed by atoms with Gasteiger partial charge in [-0.25, -0.2) is 4.99 Å². The molecule has 2 aliphatic heterocycles. The number of nitrogens with one attached hydrogen (secondary N) is 1. The summed E-state index contributed by atoms with van der Waals surface area (Å²) in [5.74, 6) is 1.06. The summed E-state index contributed by atoms with van der Waals surface area (Å²) < 4.78 is 5.76. The molecule has 1 saturated heterocycles. The lowest BCUT2D eigenvalue weighted by atomic mass is 10.1. The lowest BCUT2D eigenvalue weighted by molar-refractivity contribution is -0.138. The van der Waals surface area contributed by atoms with Gasteiger partial charge in [-0.3, -0.25) is 19.7 Å². The Labute approximate surface area is 163 Å². The van der Waals surface area contributed by atoms with E-state index >= 15 is 0 Å². The summed E-state index contributed by atoms with van der Waals surface area (Å²) in [5, 5.41) is 2.74. The van der Waals surface area contributed by atoms with Gasteiger partial charge >= 0.3 is 0 Å². The number of likely N-dealkylation sites (N-methyl/N-ethyl adjacent to an activating group) is 2. The highest BCUT2D eigenvalue weighted by molar-refractivity contribution is 6.05. The largest absolute Gasteiger partial charge is 0.494 e. The van der Waals surface area contributed by atoms with Gasteiger partial charge in [0.05, 0.1) is 18.8 Å². The van der Waals surface area contributed by atoms with Crippen LogP contribution in [0.4, 0.5) is 5.69 Å². The molecule has 9 nitrogen and oxygen atoms in total. The van der Waals surface area contributed by atoms with E-state index in [2.05, 4.69) is 10.3 Å². The molecule has 1 fully saturated rings. The van der Waals surface area contributed by atoms with Crippen molar-refractivity contribution in [1.29, 1.82) is 0 Å². The SMILES string of the molecule is CN(C)C(=O)CN(C)C(=O)CCCOc1ccc2c(c1)CN1CC(=O)NC1=N2. The van der Waals surface area contributed by atoms with Gasteiger partial charge in [-0.15, -0.1) is 0 Å². The van der Waals surface area contributed by atoms with Crippen molar-refractivity contribution in [1.82, 2.24) is 20.0 Å². The van der Waals surface area contributed by atoms with E-state index in [-0.39, 0.29) is 24.3 Å². The van der Waals surface area contributed by atoms with Crippen molar-refractivity contribution in [3.63, 3.8) is 0 Å². The van der Waals surface area contributed by atoms with Crippen molar-refractivity contribution in [2.24, 2.45) is 4.99 Å². The van der Waals surface area contributed by atoms with Crippen molar-refractivity contribution in [2.75, 3.05) is 40.8 Å². The average Bonchev–Trinajstić information content (AvgIpc) is 3.01. The molecule has 2 heterocycles. The van der Waals surface area contributed by atoms with E-state index in [1.165, 1.54) is 9.80 Å². The van der Waals surface area contributed by atoms with Gasteiger partial charge in [0.15, 0.2) is 0 Å². The Morgan fingerprint density at radius 3 is 2.75 bits per heavy atom. The van der Waals surface area contributed by atoms with Crippen LogP contribution in [0.15, 0.2) is 23.2 Å². The second-order valence-corrected chi connectivity index (χ2v) is 7.12. The fourth-order valence-corrected chi connectivity index (χ4v) is 2.96. The van der Waals surface area contributed by atoms with Crippen molar-refractivity contribution in [3.8, 4) is 5.75 Å². The smallest absolute Gasteiger partial charge is 0.246 e. The molecule has 0 unspecified atom stereocenters. The molecule has 9 heteroatoms. The van der Waals surface area contributed by atoms with Crippen LogP contribution in [0, 0.1) is 0 Å². The minimum absolute atomic E-state index is 0.0510. The molecule has 0 atom stereocenters. The molecule has 3 amide bonds. The first-order valence-corrected chi connectivity index (χ1v) is 9.17. The molecular weight excluding hydrogens is 362 g/mol. The number of nitrogens with zero attached hydrogens (tertiary/aromatic N) is 4. The van der Waals surface area contributed by atoms with Gasteiger partial charge in [0.25, 0.3) is 0 Å². The third kappa shape index (κ3) is 4.59. The van der Waals surface area contributed by atoms with Crippen LogP contribution < -0.4 is 10.1 Å². The first-order valence-electron chi connectivity index (χ1n) is 9.17. The minimum Gasteiger partial charge on any atom is -0.494 e. The average molecular weight is 387 g/mol. The summed E-state index contributed by atoms with van der Waals surface area (Å²) in [4.78, 5) is 44.4. The first kappa shape index (κ1) is 19.7. The van der Waals surface area contributed by atoms with E-state index in [1.807, 2.05) is 23.1 Å². The summed E-state index contributed by atoms with van der Waals surface area (Å²) in [5.41, 5.74) is 1.82. The second-order valence-electron chi connectivity index (χ2n) is 7.12. The van der Waals surface area contributed by atoms with Gasteiger partial charge in [0.2, 0.25) is 23.7 Å². The standard InChI is InChI=1S/C19H25N5O4/c1-22(2)18(27)12-23(3)17(26)5-4-8-28-14-6-7-15-13(9-14)10-24-11-16(25)21-19(24)20-15/h6-7,9H,4-5,8,10-12H2,1-3H3,(H,20,21,25). The number of aliphatic imine (C=N–C) groups is 1. The highest BCUT2D eigenvalue weighted by atomic mass is 16.5. The predicted molar refractivity (Wildman–Crippen MR) is 103 cm³/mol. The Morgan fingerprint density at radius 1 is 1.21 bits per heavy atom. The van der Waals surface area contributed by atoms with Gasteiger partial charge < -0.3 is 19.4 Å². The number of carbonyl (C=O) groups is 3. The van der Waals surface area contributed by atoms with Gasteiger partial charge in [0, 0.05) is 39.7 Å². The number of amides is 3. The van der Waals surface area contributed by atoms with Crippen molar-refractivity contribution >= 4 is 29.4 Å². The topological polar surface area (TPSA) is 94.6 Å². The zero-order valence-electron chi connectivity index (χ0n) is 16.4. The van der Waals surface area contributed by atoms with Crippen LogP contribution in [0.5, 0.6) is 5.75 Å². The molecule has 1 aromatic rings. The van der Waals surface area contributed by atoms with Gasteiger partial charge in [0.1, 0.15) is 12.3 Å². The van der Waals surface area contributed by atoms with Gasteiger partial charge in [-0.2, -0.15) is 0 Å². The highest BCUT2D eigenvalue weighted by Gasteiger charge is 2.29. The monoisotopic (exact) mass is 387 g/mol. The summed E-state index contributed by atoms with van der Waals surface area (Å²) in [7, 11) is 4.95. The molecular formula is C19H25N5O4. The van der Waals surface area contributed by atoms with Gasteiger partial charge in [-0.1, -0.05) is 0 Å². The number of hydrogen-bond donors (Lipinski definition) is 1. The maximum Gasteiger partial charge on any atom is 0.246 e. The highest BCUT2D eigenvalue weighted by Crippen LogP contribution is 2.30. The Balaban J connectivity index is 1.45. The van der Waals surface area contributed by atoms with E-state index in [4.69, 9.17) is 4.74 Å². The molecule has 0 bridgehead atoms. The number of ether oxygens (including phenoxy) is 1. The summed E-state index contributed by atoms with van der Waals surface area (Å²) in [6.07, 6.45) is 0.876. The fraction of sp³-hybridized carbons (Fsp3) is 0.474. The van der Waals surface area contributed by atoms with Crippen molar-refractivity contribution in [3.05, 3.63) is 23.8 Å². The normalized spacial score (nSPS) is 14.6. The summed E-state index contributed by atoms with van der Waals surface area (Å²) in [6, 6.07) is 5.62. The zero-order valence-corrected chi connectivity index (χ0v) is 16.4. The molecule has 0 radical (unpaired) electrons. The molecule has 3 rings (SSSR count). The van der Waals surface area contributed by atoms with Crippen LogP contribution in [0.2, 0.25) is 0 Å².